The summed E-state index contributed by atoms with van der Waals surface area (Å²) < 4.78 is 27.1. The Labute approximate surface area is 190 Å². The Morgan fingerprint density at radius 1 is 0.875 bits per heavy atom. The van der Waals surface area contributed by atoms with E-state index in [-0.39, 0.29) is 10.8 Å². The van der Waals surface area contributed by atoms with E-state index >= 15 is 0 Å². The zero-order chi connectivity index (χ0) is 22.6. The van der Waals surface area contributed by atoms with Crippen molar-refractivity contribution in [3.8, 4) is 0 Å². The van der Waals surface area contributed by atoms with Gasteiger partial charge in [-0.2, -0.15) is 4.31 Å². The van der Waals surface area contributed by atoms with Crippen molar-refractivity contribution in [2.45, 2.75) is 50.0 Å². The zero-order valence-corrected chi connectivity index (χ0v) is 19.4. The van der Waals surface area contributed by atoms with Crippen molar-refractivity contribution < 1.29 is 13.2 Å². The first kappa shape index (κ1) is 22.6. The van der Waals surface area contributed by atoms with Crippen LogP contribution in [0.1, 0.15) is 39.0 Å². The van der Waals surface area contributed by atoms with Crippen molar-refractivity contribution in [1.82, 2.24) is 4.31 Å². The number of hydrogen-bond donors (Lipinski definition) is 2. The first-order chi connectivity index (χ1) is 15.4. The molecule has 0 aromatic heterocycles. The maximum Gasteiger partial charge on any atom is 0.246 e. The van der Waals surface area contributed by atoms with E-state index in [1.165, 1.54) is 29.3 Å². The number of benzene rings is 2. The average molecular weight is 457 g/mol. The molecule has 0 bridgehead atoms. The second kappa shape index (κ2) is 9.92. The van der Waals surface area contributed by atoms with Crippen molar-refractivity contribution >= 4 is 33.0 Å². The number of carbonyl (C=O) groups excluding carboxylic acids is 1. The number of anilines is 3. The third-order valence-electron chi connectivity index (χ3n) is 6.17. The van der Waals surface area contributed by atoms with Crippen molar-refractivity contribution in [2.75, 3.05) is 41.7 Å². The summed E-state index contributed by atoms with van der Waals surface area (Å²) in [6.45, 7) is 5.06. The van der Waals surface area contributed by atoms with Crippen LogP contribution < -0.4 is 15.5 Å². The zero-order valence-electron chi connectivity index (χ0n) is 18.6. The van der Waals surface area contributed by atoms with Gasteiger partial charge in [-0.05, 0) is 81.5 Å². The quantitative estimate of drug-likeness (QED) is 0.660. The highest BCUT2D eigenvalue weighted by atomic mass is 32.2. The molecule has 0 saturated carbocycles. The van der Waals surface area contributed by atoms with Crippen LogP contribution in [0.25, 0.3) is 0 Å². The van der Waals surface area contributed by atoms with Crippen molar-refractivity contribution in [2.24, 2.45) is 0 Å². The Kier molecular flexibility index (Phi) is 7.01. The monoisotopic (exact) mass is 456 g/mol. The van der Waals surface area contributed by atoms with E-state index in [2.05, 4.69) is 15.5 Å². The smallest absolute Gasteiger partial charge is 0.246 e. The predicted octanol–water partition coefficient (Wildman–Crippen LogP) is 3.90. The molecule has 2 aliphatic heterocycles. The molecule has 2 aromatic rings. The van der Waals surface area contributed by atoms with Gasteiger partial charge in [-0.25, -0.2) is 8.42 Å². The van der Waals surface area contributed by atoms with Crippen LogP contribution in [-0.4, -0.2) is 50.9 Å². The van der Waals surface area contributed by atoms with Crippen LogP contribution in [0.4, 0.5) is 17.1 Å². The van der Waals surface area contributed by atoms with E-state index in [1.807, 2.05) is 24.3 Å². The van der Waals surface area contributed by atoms with Crippen LogP contribution in [0, 0.1) is 0 Å². The van der Waals surface area contributed by atoms with E-state index in [0.29, 0.717) is 18.8 Å². The van der Waals surface area contributed by atoms with Gasteiger partial charge in [0.15, 0.2) is 0 Å². The first-order valence-electron chi connectivity index (χ1n) is 11.5. The number of nitrogens with zero attached hydrogens (tertiary/aromatic N) is 2. The Morgan fingerprint density at radius 3 is 2.22 bits per heavy atom. The Bertz CT molecular complexity index is 1030. The minimum absolute atomic E-state index is 0.177. The van der Waals surface area contributed by atoms with E-state index in [4.69, 9.17) is 0 Å². The van der Waals surface area contributed by atoms with E-state index in [0.717, 1.165) is 31.6 Å². The maximum absolute atomic E-state index is 12.8. The van der Waals surface area contributed by atoms with Gasteiger partial charge in [0, 0.05) is 43.2 Å². The summed E-state index contributed by atoms with van der Waals surface area (Å²) >= 11 is 0. The van der Waals surface area contributed by atoms with Crippen molar-refractivity contribution in [3.05, 3.63) is 48.5 Å². The first-order valence-corrected chi connectivity index (χ1v) is 12.9. The van der Waals surface area contributed by atoms with E-state index < -0.39 is 16.1 Å². The lowest BCUT2D eigenvalue weighted by atomic mass is 10.1. The molecular formula is C24H32N4O3S. The average Bonchev–Trinajstić information content (AvgIpc) is 3.36. The van der Waals surface area contributed by atoms with Gasteiger partial charge in [0.2, 0.25) is 15.9 Å². The molecule has 2 saturated heterocycles. The Morgan fingerprint density at radius 2 is 1.53 bits per heavy atom. The molecule has 0 aliphatic carbocycles. The van der Waals surface area contributed by atoms with Gasteiger partial charge in [0.1, 0.15) is 6.04 Å². The SMILES string of the molecule is CC(Nc1cccc(S(=O)(=O)N2CCCC2)c1)C(=O)Nc1ccc(N2CCCCC2)cc1. The fourth-order valence-electron chi connectivity index (χ4n) is 4.30. The second-order valence-electron chi connectivity index (χ2n) is 8.59. The largest absolute Gasteiger partial charge is 0.374 e. The molecule has 1 amide bonds. The molecule has 172 valence electrons. The van der Waals surface area contributed by atoms with Gasteiger partial charge in [-0.15, -0.1) is 0 Å². The van der Waals surface area contributed by atoms with Gasteiger partial charge in [-0.1, -0.05) is 6.07 Å². The van der Waals surface area contributed by atoms with Gasteiger partial charge >= 0.3 is 0 Å². The van der Waals surface area contributed by atoms with Crippen LogP contribution in [0.15, 0.2) is 53.4 Å². The maximum atomic E-state index is 12.8. The third kappa shape index (κ3) is 5.24. The van der Waals surface area contributed by atoms with E-state index in [1.54, 1.807) is 31.2 Å². The standard InChI is InChI=1S/C24H32N4O3S/c1-19(24(29)26-20-10-12-22(13-11-20)27-14-3-2-4-15-27)25-21-8-7-9-23(18-21)32(30,31)28-16-5-6-17-28/h7-13,18-19,25H,2-6,14-17H2,1H3,(H,26,29). The van der Waals surface area contributed by atoms with Gasteiger partial charge < -0.3 is 15.5 Å². The molecule has 1 unspecified atom stereocenters. The minimum atomic E-state index is -3.49. The van der Waals surface area contributed by atoms with Crippen LogP contribution >= 0.6 is 0 Å². The number of carbonyl (C=O) groups is 1. The molecule has 2 heterocycles. The number of nitrogens with one attached hydrogen (secondary N) is 2. The fourth-order valence-corrected chi connectivity index (χ4v) is 5.86. The van der Waals surface area contributed by atoms with E-state index in [9.17, 15) is 13.2 Å². The predicted molar refractivity (Wildman–Crippen MR) is 129 cm³/mol. The summed E-state index contributed by atoms with van der Waals surface area (Å²) in [6.07, 6.45) is 5.54. The minimum Gasteiger partial charge on any atom is -0.374 e. The highest BCUT2D eigenvalue weighted by Gasteiger charge is 2.27. The van der Waals surface area contributed by atoms with Gasteiger partial charge in [-0.3, -0.25) is 4.79 Å². The summed E-state index contributed by atoms with van der Waals surface area (Å²) in [4.78, 5) is 15.3. The molecule has 2 fully saturated rings. The molecule has 32 heavy (non-hydrogen) atoms. The molecule has 8 heteroatoms. The molecule has 2 N–H and O–H groups in total. The summed E-state index contributed by atoms with van der Waals surface area (Å²) in [7, 11) is -3.49. The topological polar surface area (TPSA) is 81.8 Å². The molecule has 1 atom stereocenters. The number of piperidine rings is 1. The lowest BCUT2D eigenvalue weighted by molar-refractivity contribution is -0.116. The van der Waals surface area contributed by atoms with Gasteiger partial charge in [0.25, 0.3) is 0 Å². The summed E-state index contributed by atoms with van der Waals surface area (Å²) in [6, 6.07) is 14.1. The summed E-state index contributed by atoms with van der Waals surface area (Å²) in [5.41, 5.74) is 2.54. The highest BCUT2D eigenvalue weighted by Crippen LogP contribution is 2.24. The molecule has 2 aliphatic rings. The third-order valence-corrected chi connectivity index (χ3v) is 8.06. The number of amides is 1. The lowest BCUT2D eigenvalue weighted by Gasteiger charge is -2.28. The molecule has 0 radical (unpaired) electrons. The number of hydrogen-bond acceptors (Lipinski definition) is 5. The van der Waals surface area contributed by atoms with Crippen molar-refractivity contribution in [1.29, 1.82) is 0 Å². The normalized spacial score (nSPS) is 18.3. The molecular weight excluding hydrogens is 424 g/mol. The van der Waals surface area contributed by atoms with Crippen LogP contribution in [0.3, 0.4) is 0 Å². The van der Waals surface area contributed by atoms with Gasteiger partial charge in [0.05, 0.1) is 4.90 Å². The number of rotatable bonds is 7. The van der Waals surface area contributed by atoms with Crippen molar-refractivity contribution in [3.63, 3.8) is 0 Å². The lowest BCUT2D eigenvalue weighted by Crippen LogP contribution is -2.32. The second-order valence-corrected chi connectivity index (χ2v) is 10.5. The van der Waals surface area contributed by atoms with Crippen LogP contribution in [0.5, 0.6) is 0 Å². The van der Waals surface area contributed by atoms with Crippen LogP contribution in [0.2, 0.25) is 0 Å². The highest BCUT2D eigenvalue weighted by molar-refractivity contribution is 7.89. The molecule has 0 spiro atoms. The van der Waals surface area contributed by atoms with Crippen LogP contribution in [-0.2, 0) is 14.8 Å². The molecule has 7 nitrogen and oxygen atoms in total. The molecule has 4 rings (SSSR count). The number of sulfonamides is 1. The molecule has 2 aromatic carbocycles. The Balaban J connectivity index is 1.36. The summed E-state index contributed by atoms with van der Waals surface area (Å²) in [5, 5.41) is 6.06. The Hall–Kier alpha value is -2.58. The summed E-state index contributed by atoms with van der Waals surface area (Å²) in [5.74, 6) is -0.177. The fraction of sp³-hybridized carbons (Fsp3) is 0.458.